The average Bonchev–Trinajstić information content (AvgIpc) is 2.43. The highest BCUT2D eigenvalue weighted by Crippen LogP contribution is 2.20. The van der Waals surface area contributed by atoms with E-state index in [0.29, 0.717) is 18.8 Å². The summed E-state index contributed by atoms with van der Waals surface area (Å²) in [5.41, 5.74) is -0.774. The van der Waals surface area contributed by atoms with Crippen molar-refractivity contribution in [2.24, 2.45) is 5.92 Å². The molecule has 2 N–H and O–H groups in total. The molecule has 2 atom stereocenters. The lowest BCUT2D eigenvalue weighted by molar-refractivity contribution is -0.145. The summed E-state index contributed by atoms with van der Waals surface area (Å²) in [6.07, 6.45) is 3.43. The lowest BCUT2D eigenvalue weighted by atomic mass is 9.89. The van der Waals surface area contributed by atoms with E-state index < -0.39 is 11.5 Å². The van der Waals surface area contributed by atoms with Crippen molar-refractivity contribution in [1.82, 2.24) is 10.2 Å². The summed E-state index contributed by atoms with van der Waals surface area (Å²) in [5, 5.41) is 12.9. The second kappa shape index (κ2) is 10.2. The smallest absolute Gasteiger partial charge is 0.323 e. The fourth-order valence-corrected chi connectivity index (χ4v) is 2.78. The highest BCUT2D eigenvalue weighted by molar-refractivity contribution is 5.78. The number of rotatable bonds is 12. The minimum atomic E-state index is -0.774. The van der Waals surface area contributed by atoms with Gasteiger partial charge in [-0.15, -0.1) is 0 Å². The Morgan fingerprint density at radius 2 is 1.86 bits per heavy atom. The van der Waals surface area contributed by atoms with E-state index in [4.69, 9.17) is 0 Å². The van der Waals surface area contributed by atoms with Gasteiger partial charge in [-0.1, -0.05) is 34.1 Å². The molecule has 0 spiro atoms. The number of nitrogens with zero attached hydrogens (tertiary/aromatic N) is 1. The Kier molecular flexibility index (Phi) is 9.88. The van der Waals surface area contributed by atoms with Crippen LogP contribution in [-0.4, -0.2) is 47.2 Å². The van der Waals surface area contributed by atoms with E-state index in [-0.39, 0.29) is 6.04 Å². The van der Waals surface area contributed by atoms with Crippen LogP contribution in [0.25, 0.3) is 0 Å². The van der Waals surface area contributed by atoms with Crippen LogP contribution in [0.15, 0.2) is 0 Å². The van der Waals surface area contributed by atoms with E-state index in [1.165, 1.54) is 6.42 Å². The lowest BCUT2D eigenvalue weighted by Crippen LogP contribution is -2.54. The van der Waals surface area contributed by atoms with Crippen LogP contribution in [0.4, 0.5) is 0 Å². The Hall–Kier alpha value is -0.610. The van der Waals surface area contributed by atoms with Gasteiger partial charge in [0.1, 0.15) is 5.54 Å². The normalized spacial score (nSPS) is 16.2. The molecule has 0 amide bonds. The Morgan fingerprint density at radius 1 is 1.24 bits per heavy atom. The number of carboxylic acid groups (broad SMARTS) is 1. The molecule has 0 aliphatic carbocycles. The van der Waals surface area contributed by atoms with E-state index >= 15 is 0 Å². The third-order valence-corrected chi connectivity index (χ3v) is 4.37. The number of hydrogen-bond acceptors (Lipinski definition) is 3. The number of aliphatic carboxylic acids is 1. The van der Waals surface area contributed by atoms with Crippen LogP contribution in [0, 0.1) is 5.92 Å². The van der Waals surface area contributed by atoms with Gasteiger partial charge in [0.05, 0.1) is 0 Å². The molecule has 0 aliphatic heterocycles. The van der Waals surface area contributed by atoms with Crippen molar-refractivity contribution in [3.8, 4) is 0 Å². The quantitative estimate of drug-likeness (QED) is 0.580. The maximum absolute atomic E-state index is 11.7. The van der Waals surface area contributed by atoms with E-state index in [1.807, 2.05) is 20.8 Å². The van der Waals surface area contributed by atoms with Gasteiger partial charge in [-0.05, 0) is 52.1 Å². The van der Waals surface area contributed by atoms with Crippen LogP contribution < -0.4 is 5.32 Å². The molecule has 0 aliphatic rings. The minimum Gasteiger partial charge on any atom is -0.480 e. The zero-order valence-corrected chi connectivity index (χ0v) is 14.9. The first kappa shape index (κ1) is 20.4. The molecule has 0 aromatic rings. The molecule has 0 aromatic carbocycles. The SMILES string of the molecule is CCC(C)CN(CC)CCCC(CC)(NC(C)C)C(=O)O. The van der Waals surface area contributed by atoms with Gasteiger partial charge in [0, 0.05) is 12.6 Å². The third-order valence-electron chi connectivity index (χ3n) is 4.37. The van der Waals surface area contributed by atoms with Crippen molar-refractivity contribution in [2.75, 3.05) is 19.6 Å². The fraction of sp³-hybridized carbons (Fsp3) is 0.941. The summed E-state index contributed by atoms with van der Waals surface area (Å²) < 4.78 is 0. The van der Waals surface area contributed by atoms with E-state index in [2.05, 4.69) is 31.0 Å². The van der Waals surface area contributed by atoms with Crippen molar-refractivity contribution >= 4 is 5.97 Å². The highest BCUT2D eigenvalue weighted by atomic mass is 16.4. The van der Waals surface area contributed by atoms with Gasteiger partial charge >= 0.3 is 5.97 Å². The maximum atomic E-state index is 11.7. The molecular weight excluding hydrogens is 264 g/mol. The molecule has 4 nitrogen and oxygen atoms in total. The molecule has 2 unspecified atom stereocenters. The molecule has 4 heteroatoms. The zero-order valence-electron chi connectivity index (χ0n) is 14.9. The molecule has 0 aromatic heterocycles. The van der Waals surface area contributed by atoms with Crippen molar-refractivity contribution in [3.63, 3.8) is 0 Å². The monoisotopic (exact) mass is 300 g/mol. The van der Waals surface area contributed by atoms with Crippen LogP contribution in [0.5, 0.6) is 0 Å². The molecular formula is C17H36N2O2. The van der Waals surface area contributed by atoms with Gasteiger partial charge < -0.3 is 10.0 Å². The standard InChI is InChI=1S/C17H36N2O2/c1-7-15(6)13-19(9-3)12-10-11-17(8-2,16(20)21)18-14(4)5/h14-15,18H,7-13H2,1-6H3,(H,20,21). The predicted molar refractivity (Wildman–Crippen MR) is 89.7 cm³/mol. The predicted octanol–water partition coefficient (Wildman–Crippen LogP) is 3.37. The van der Waals surface area contributed by atoms with Gasteiger partial charge in [-0.25, -0.2) is 0 Å². The minimum absolute atomic E-state index is 0.184. The summed E-state index contributed by atoms with van der Waals surface area (Å²) >= 11 is 0. The van der Waals surface area contributed by atoms with Crippen molar-refractivity contribution in [2.45, 2.75) is 78.8 Å². The number of nitrogens with one attached hydrogen (secondary N) is 1. The van der Waals surface area contributed by atoms with Crippen LogP contribution in [-0.2, 0) is 4.79 Å². The van der Waals surface area contributed by atoms with Crippen LogP contribution in [0.1, 0.15) is 67.2 Å². The second-order valence-electron chi connectivity index (χ2n) is 6.55. The van der Waals surface area contributed by atoms with E-state index in [0.717, 1.165) is 26.1 Å². The number of carbonyl (C=O) groups is 1. The first-order valence-corrected chi connectivity index (χ1v) is 8.54. The summed E-state index contributed by atoms with van der Waals surface area (Å²) in [5.74, 6) is -0.0159. The molecule has 0 saturated carbocycles. The van der Waals surface area contributed by atoms with Crippen molar-refractivity contribution in [1.29, 1.82) is 0 Å². The number of hydrogen-bond donors (Lipinski definition) is 2. The summed E-state index contributed by atoms with van der Waals surface area (Å²) in [7, 11) is 0. The van der Waals surface area contributed by atoms with Gasteiger partial charge in [0.25, 0.3) is 0 Å². The zero-order chi connectivity index (χ0) is 16.5. The second-order valence-corrected chi connectivity index (χ2v) is 6.55. The van der Waals surface area contributed by atoms with Gasteiger partial charge in [0.15, 0.2) is 0 Å². The molecule has 0 rings (SSSR count). The summed E-state index contributed by atoms with van der Waals surface area (Å²) in [6.45, 7) is 15.8. The summed E-state index contributed by atoms with van der Waals surface area (Å²) in [6, 6.07) is 0.184. The molecule has 21 heavy (non-hydrogen) atoms. The molecule has 126 valence electrons. The number of carboxylic acids is 1. The average molecular weight is 300 g/mol. The van der Waals surface area contributed by atoms with Gasteiger partial charge in [0.2, 0.25) is 0 Å². The Bertz CT molecular complexity index is 295. The van der Waals surface area contributed by atoms with Crippen LogP contribution >= 0.6 is 0 Å². The van der Waals surface area contributed by atoms with Crippen LogP contribution in [0.3, 0.4) is 0 Å². The highest BCUT2D eigenvalue weighted by Gasteiger charge is 2.36. The molecule has 0 radical (unpaired) electrons. The molecule has 0 heterocycles. The largest absolute Gasteiger partial charge is 0.480 e. The topological polar surface area (TPSA) is 52.6 Å². The first-order valence-electron chi connectivity index (χ1n) is 8.54. The fourth-order valence-electron chi connectivity index (χ4n) is 2.78. The van der Waals surface area contributed by atoms with Gasteiger partial charge in [-0.3, -0.25) is 10.1 Å². The van der Waals surface area contributed by atoms with E-state index in [1.54, 1.807) is 0 Å². The first-order chi connectivity index (χ1) is 9.81. The third kappa shape index (κ3) is 7.28. The maximum Gasteiger partial charge on any atom is 0.323 e. The molecule has 0 bridgehead atoms. The van der Waals surface area contributed by atoms with Crippen molar-refractivity contribution in [3.05, 3.63) is 0 Å². The van der Waals surface area contributed by atoms with Gasteiger partial charge in [-0.2, -0.15) is 0 Å². The van der Waals surface area contributed by atoms with Crippen LogP contribution in [0.2, 0.25) is 0 Å². The Morgan fingerprint density at radius 3 is 2.24 bits per heavy atom. The van der Waals surface area contributed by atoms with Crippen molar-refractivity contribution < 1.29 is 9.90 Å². The Balaban J connectivity index is 4.50. The van der Waals surface area contributed by atoms with E-state index in [9.17, 15) is 9.90 Å². The molecule has 0 saturated heterocycles. The Labute approximate surface area is 131 Å². The molecule has 0 fully saturated rings. The summed E-state index contributed by atoms with van der Waals surface area (Å²) in [4.78, 5) is 14.1. The lowest BCUT2D eigenvalue weighted by Gasteiger charge is -2.33.